The zero-order valence-corrected chi connectivity index (χ0v) is 19.9. The lowest BCUT2D eigenvalue weighted by atomic mass is 9.91. The number of hydrogen-bond acceptors (Lipinski definition) is 5. The predicted molar refractivity (Wildman–Crippen MR) is 119 cm³/mol. The monoisotopic (exact) mass is 447 g/mol. The van der Waals surface area contributed by atoms with Gasteiger partial charge >= 0.3 is 0 Å². The average Bonchev–Trinajstić information content (AvgIpc) is 2.64. The van der Waals surface area contributed by atoms with Gasteiger partial charge in [-0.2, -0.15) is 0 Å². The molecule has 2 amide bonds. The van der Waals surface area contributed by atoms with Crippen LogP contribution in [0.3, 0.4) is 0 Å². The Kier molecular flexibility index (Phi) is 11.6. The minimum absolute atomic E-state index is 0.0579. The molecule has 0 bridgehead atoms. The van der Waals surface area contributed by atoms with Gasteiger partial charge in [0.15, 0.2) is 0 Å². The summed E-state index contributed by atoms with van der Waals surface area (Å²) in [6.07, 6.45) is 4.61. The van der Waals surface area contributed by atoms with Gasteiger partial charge in [-0.3, -0.25) is 14.2 Å². The summed E-state index contributed by atoms with van der Waals surface area (Å²) in [6.45, 7) is 7.42. The molecule has 1 fully saturated rings. The third kappa shape index (κ3) is 10.4. The van der Waals surface area contributed by atoms with Gasteiger partial charge < -0.3 is 26.4 Å². The Balaban J connectivity index is 2.55. The van der Waals surface area contributed by atoms with E-state index in [-0.39, 0.29) is 36.6 Å². The topological polar surface area (TPSA) is 142 Å². The van der Waals surface area contributed by atoms with E-state index in [0.717, 1.165) is 25.7 Å². The van der Waals surface area contributed by atoms with Crippen molar-refractivity contribution in [1.82, 2.24) is 10.6 Å². The lowest BCUT2D eigenvalue weighted by molar-refractivity contribution is -0.130. The first kappa shape index (κ1) is 27.1. The van der Waals surface area contributed by atoms with Crippen LogP contribution < -0.4 is 16.4 Å². The van der Waals surface area contributed by atoms with Crippen molar-refractivity contribution in [2.45, 2.75) is 84.4 Å². The summed E-state index contributed by atoms with van der Waals surface area (Å²) in [4.78, 5) is 35.1. The summed E-state index contributed by atoms with van der Waals surface area (Å²) in [5, 5.41) is 15.5. The maximum Gasteiger partial charge on any atom is 0.242 e. The van der Waals surface area contributed by atoms with Crippen LogP contribution in [0.15, 0.2) is 0 Å². The number of nitrogens with one attached hydrogen (secondary N) is 2. The molecule has 1 rings (SSSR count). The Labute approximate surface area is 181 Å². The molecule has 30 heavy (non-hydrogen) atoms. The SMILES string of the molecule is CC(C)C[C@H](NC(=O)[C@@H](N)C(C)C)C(=O)NC[C@@H](O)CP(=O)(O)CC1CCCCC1. The molecule has 4 atom stereocenters. The van der Waals surface area contributed by atoms with Crippen LogP contribution in [0.1, 0.15) is 66.2 Å². The number of nitrogens with two attached hydrogens (primary N) is 1. The van der Waals surface area contributed by atoms with Crippen molar-refractivity contribution in [1.29, 1.82) is 0 Å². The Morgan fingerprint density at radius 2 is 1.70 bits per heavy atom. The summed E-state index contributed by atoms with van der Waals surface area (Å²) < 4.78 is 12.5. The van der Waals surface area contributed by atoms with Crippen LogP contribution in [0.4, 0.5) is 0 Å². The van der Waals surface area contributed by atoms with Gasteiger partial charge in [0.05, 0.1) is 18.3 Å². The number of carbonyl (C=O) groups excluding carboxylic acids is 2. The number of carbonyl (C=O) groups is 2. The molecule has 0 aromatic carbocycles. The van der Waals surface area contributed by atoms with Gasteiger partial charge in [0.25, 0.3) is 0 Å². The first-order chi connectivity index (χ1) is 13.9. The first-order valence-corrected chi connectivity index (χ1v) is 13.3. The van der Waals surface area contributed by atoms with E-state index < -0.39 is 37.4 Å². The number of hydrogen-bond donors (Lipinski definition) is 5. The van der Waals surface area contributed by atoms with Gasteiger partial charge in [0.1, 0.15) is 6.04 Å². The number of rotatable bonds is 12. The lowest BCUT2D eigenvalue weighted by Crippen LogP contribution is -2.54. The molecule has 0 aromatic heterocycles. The van der Waals surface area contributed by atoms with Gasteiger partial charge in [-0.15, -0.1) is 0 Å². The minimum Gasteiger partial charge on any atom is -0.391 e. The van der Waals surface area contributed by atoms with E-state index in [1.165, 1.54) is 6.42 Å². The van der Waals surface area contributed by atoms with E-state index in [1.807, 2.05) is 27.7 Å². The summed E-state index contributed by atoms with van der Waals surface area (Å²) >= 11 is 0. The van der Waals surface area contributed by atoms with Crippen molar-refractivity contribution < 1.29 is 24.2 Å². The van der Waals surface area contributed by atoms with Gasteiger partial charge in [0, 0.05) is 12.7 Å². The van der Waals surface area contributed by atoms with E-state index in [2.05, 4.69) is 10.6 Å². The minimum atomic E-state index is -3.46. The molecule has 0 spiro atoms. The van der Waals surface area contributed by atoms with Gasteiger partial charge in [0.2, 0.25) is 19.2 Å². The van der Waals surface area contributed by atoms with Gasteiger partial charge in [-0.05, 0) is 37.0 Å². The Morgan fingerprint density at radius 3 is 2.23 bits per heavy atom. The Morgan fingerprint density at radius 1 is 1.10 bits per heavy atom. The molecular formula is C21H42N3O5P. The second-order valence-electron chi connectivity index (χ2n) is 9.57. The Hall–Kier alpha value is -0.950. The molecule has 1 saturated carbocycles. The van der Waals surface area contributed by atoms with E-state index in [0.29, 0.717) is 6.42 Å². The van der Waals surface area contributed by atoms with Crippen LogP contribution in [-0.4, -0.2) is 58.9 Å². The molecule has 0 heterocycles. The number of amides is 2. The lowest BCUT2D eigenvalue weighted by Gasteiger charge is -2.26. The van der Waals surface area contributed by atoms with E-state index in [9.17, 15) is 24.2 Å². The molecular weight excluding hydrogens is 405 g/mol. The first-order valence-electron chi connectivity index (χ1n) is 11.2. The normalized spacial score (nSPS) is 20.4. The van der Waals surface area contributed by atoms with Gasteiger partial charge in [-0.25, -0.2) is 0 Å². The van der Waals surface area contributed by atoms with Crippen LogP contribution in [0.25, 0.3) is 0 Å². The zero-order chi connectivity index (χ0) is 22.9. The molecule has 0 aliphatic heterocycles. The number of aliphatic hydroxyl groups excluding tert-OH is 1. The molecule has 9 heteroatoms. The second kappa shape index (κ2) is 12.8. The molecule has 1 unspecified atom stereocenters. The highest BCUT2D eigenvalue weighted by Gasteiger charge is 2.30. The molecule has 8 nitrogen and oxygen atoms in total. The standard InChI is InChI=1S/C21H42N3O5P/c1-14(2)10-18(24-21(27)19(22)15(3)4)20(26)23-11-17(25)13-30(28,29)12-16-8-6-5-7-9-16/h14-19,25H,5-13,22H2,1-4H3,(H,23,26)(H,24,27)(H,28,29)/t17-,18+,19+/m1/s1. The van der Waals surface area contributed by atoms with E-state index >= 15 is 0 Å². The maximum atomic E-state index is 12.6. The van der Waals surface area contributed by atoms with E-state index in [4.69, 9.17) is 5.73 Å². The quantitative estimate of drug-likeness (QED) is 0.289. The summed E-state index contributed by atoms with van der Waals surface area (Å²) in [6, 6.07) is -1.48. The number of aliphatic hydroxyl groups is 1. The molecule has 6 N–H and O–H groups in total. The van der Waals surface area contributed by atoms with E-state index in [1.54, 1.807) is 0 Å². The van der Waals surface area contributed by atoms with Crippen LogP contribution in [-0.2, 0) is 14.2 Å². The highest BCUT2D eigenvalue weighted by molar-refractivity contribution is 7.58. The van der Waals surface area contributed by atoms with Crippen LogP contribution in [0.5, 0.6) is 0 Å². The van der Waals surface area contributed by atoms with Crippen LogP contribution in [0.2, 0.25) is 0 Å². The third-order valence-electron chi connectivity index (χ3n) is 5.64. The van der Waals surface area contributed by atoms with Crippen molar-refractivity contribution in [3.05, 3.63) is 0 Å². The average molecular weight is 448 g/mol. The van der Waals surface area contributed by atoms with Crippen LogP contribution >= 0.6 is 7.37 Å². The smallest absolute Gasteiger partial charge is 0.242 e. The maximum absolute atomic E-state index is 12.6. The van der Waals surface area contributed by atoms with Crippen molar-refractivity contribution in [3.8, 4) is 0 Å². The molecule has 0 aromatic rings. The summed E-state index contributed by atoms with van der Waals surface area (Å²) in [5.41, 5.74) is 5.87. The highest BCUT2D eigenvalue weighted by atomic mass is 31.2. The van der Waals surface area contributed by atoms with Crippen molar-refractivity contribution >= 4 is 19.2 Å². The fourth-order valence-corrected chi connectivity index (χ4v) is 5.97. The molecule has 1 aliphatic carbocycles. The summed E-state index contributed by atoms with van der Waals surface area (Å²) in [5.74, 6) is -0.468. The molecule has 176 valence electrons. The molecule has 1 aliphatic rings. The Bertz CT molecular complexity index is 593. The zero-order valence-electron chi connectivity index (χ0n) is 19.0. The predicted octanol–water partition coefficient (Wildman–Crippen LogP) is 1.83. The molecule has 0 saturated heterocycles. The summed E-state index contributed by atoms with van der Waals surface area (Å²) in [7, 11) is -3.46. The van der Waals surface area contributed by atoms with Crippen molar-refractivity contribution in [2.24, 2.45) is 23.5 Å². The largest absolute Gasteiger partial charge is 0.391 e. The van der Waals surface area contributed by atoms with Crippen molar-refractivity contribution in [2.75, 3.05) is 18.9 Å². The molecule has 0 radical (unpaired) electrons. The fourth-order valence-electron chi connectivity index (χ4n) is 3.86. The van der Waals surface area contributed by atoms with Crippen LogP contribution in [0, 0.1) is 17.8 Å². The second-order valence-corrected chi connectivity index (χ2v) is 12.0. The fraction of sp³-hybridized carbons (Fsp3) is 0.905. The third-order valence-corrected chi connectivity index (χ3v) is 7.72. The van der Waals surface area contributed by atoms with Gasteiger partial charge in [-0.1, -0.05) is 47.0 Å². The highest BCUT2D eigenvalue weighted by Crippen LogP contribution is 2.45. The van der Waals surface area contributed by atoms with Crippen molar-refractivity contribution in [3.63, 3.8) is 0 Å².